The predicted molar refractivity (Wildman–Crippen MR) is 139 cm³/mol. The van der Waals surface area contributed by atoms with Gasteiger partial charge in [-0.2, -0.15) is 0 Å². The van der Waals surface area contributed by atoms with Gasteiger partial charge in [-0.15, -0.1) is 0 Å². The second kappa shape index (κ2) is 12.5. The molecule has 2 aromatic rings. The molecule has 0 unspecified atom stereocenters. The van der Waals surface area contributed by atoms with Crippen molar-refractivity contribution >= 4 is 33.2 Å². The number of nitrogens with one attached hydrogen (secondary N) is 1. The molecule has 0 heterocycles. The number of anilines is 1. The lowest BCUT2D eigenvalue weighted by atomic mass is 10.1. The Morgan fingerprint density at radius 2 is 1.75 bits per heavy atom. The van der Waals surface area contributed by atoms with E-state index < -0.39 is 33.4 Å². The van der Waals surface area contributed by atoms with Gasteiger partial charge in [0.1, 0.15) is 12.6 Å². The maximum Gasteiger partial charge on any atom is 0.271 e. The van der Waals surface area contributed by atoms with Crippen LogP contribution in [0.3, 0.4) is 0 Å². The molecule has 0 aromatic heterocycles. The Bertz CT molecular complexity index is 1180. The summed E-state index contributed by atoms with van der Waals surface area (Å²) in [4.78, 5) is 38.6. The van der Waals surface area contributed by atoms with Crippen LogP contribution in [0.5, 0.6) is 0 Å². The van der Waals surface area contributed by atoms with Gasteiger partial charge in [-0.25, -0.2) is 8.42 Å². The van der Waals surface area contributed by atoms with Gasteiger partial charge in [0.2, 0.25) is 21.8 Å². The number of benzene rings is 2. The average molecular weight is 519 g/mol. The molecule has 0 saturated heterocycles. The number of carbonyl (C=O) groups is 2. The van der Waals surface area contributed by atoms with E-state index >= 15 is 0 Å². The highest BCUT2D eigenvalue weighted by Gasteiger charge is 2.32. The fraction of sp³-hybridized carbons (Fsp3) is 0.440. The summed E-state index contributed by atoms with van der Waals surface area (Å²) < 4.78 is 26.3. The van der Waals surface area contributed by atoms with Crippen molar-refractivity contribution in [2.45, 2.75) is 52.6 Å². The quantitative estimate of drug-likeness (QED) is 0.340. The lowest BCUT2D eigenvalue weighted by Crippen LogP contribution is -2.54. The number of nitro benzene ring substituents is 1. The number of aryl methyl sites for hydroxylation is 1. The highest BCUT2D eigenvalue weighted by atomic mass is 32.2. The number of nitrogens with zero attached hydrogens (tertiary/aromatic N) is 3. The molecular weight excluding hydrogens is 484 g/mol. The number of hydrogen-bond donors (Lipinski definition) is 1. The summed E-state index contributed by atoms with van der Waals surface area (Å²) >= 11 is 0. The van der Waals surface area contributed by atoms with Gasteiger partial charge < -0.3 is 10.2 Å². The first-order chi connectivity index (χ1) is 16.8. The van der Waals surface area contributed by atoms with Crippen molar-refractivity contribution in [3.05, 3.63) is 69.8 Å². The average Bonchev–Trinajstić information content (AvgIpc) is 2.79. The van der Waals surface area contributed by atoms with Crippen LogP contribution in [-0.2, 0) is 26.0 Å². The fourth-order valence-corrected chi connectivity index (χ4v) is 4.75. The third-order valence-corrected chi connectivity index (χ3v) is 6.78. The predicted octanol–water partition coefficient (Wildman–Crippen LogP) is 3.04. The zero-order chi connectivity index (χ0) is 27.0. The molecule has 0 radical (unpaired) electrons. The minimum atomic E-state index is -3.99. The van der Waals surface area contributed by atoms with Crippen molar-refractivity contribution in [2.75, 3.05) is 23.7 Å². The molecule has 2 rings (SSSR count). The molecule has 1 N–H and O–H groups in total. The second-order valence-corrected chi connectivity index (χ2v) is 10.8. The van der Waals surface area contributed by atoms with Crippen LogP contribution in [-0.4, -0.2) is 61.5 Å². The van der Waals surface area contributed by atoms with Gasteiger partial charge in [-0.05, 0) is 44.7 Å². The van der Waals surface area contributed by atoms with Crippen molar-refractivity contribution in [1.82, 2.24) is 10.2 Å². The van der Waals surface area contributed by atoms with Gasteiger partial charge in [-0.1, -0.05) is 43.3 Å². The Hall–Kier alpha value is -3.47. The van der Waals surface area contributed by atoms with E-state index in [0.717, 1.165) is 22.2 Å². The normalized spacial score (nSPS) is 12.2. The van der Waals surface area contributed by atoms with Crippen molar-refractivity contribution in [3.63, 3.8) is 0 Å². The van der Waals surface area contributed by atoms with Crippen LogP contribution in [0.4, 0.5) is 11.4 Å². The van der Waals surface area contributed by atoms with E-state index in [0.29, 0.717) is 18.4 Å². The summed E-state index contributed by atoms with van der Waals surface area (Å²) in [6, 6.07) is 12.4. The van der Waals surface area contributed by atoms with E-state index in [1.165, 1.54) is 17.0 Å². The molecule has 2 amide bonds. The lowest BCUT2D eigenvalue weighted by Gasteiger charge is -2.33. The summed E-state index contributed by atoms with van der Waals surface area (Å²) in [6.45, 7) is 6.63. The molecule has 0 aliphatic rings. The third-order valence-electron chi connectivity index (χ3n) is 5.65. The molecule has 0 aliphatic carbocycles. The number of amides is 2. The maximum absolute atomic E-state index is 13.6. The van der Waals surface area contributed by atoms with E-state index in [9.17, 15) is 28.1 Å². The summed E-state index contributed by atoms with van der Waals surface area (Å²) in [5.74, 6) is -0.903. The van der Waals surface area contributed by atoms with Gasteiger partial charge in [0.15, 0.2) is 0 Å². The summed E-state index contributed by atoms with van der Waals surface area (Å²) in [7, 11) is -3.99. The van der Waals surface area contributed by atoms with Crippen LogP contribution < -0.4 is 9.62 Å². The van der Waals surface area contributed by atoms with E-state index in [-0.39, 0.29) is 29.9 Å². The second-order valence-electron chi connectivity index (χ2n) is 8.91. The van der Waals surface area contributed by atoms with Gasteiger partial charge in [0.25, 0.3) is 5.69 Å². The smallest absolute Gasteiger partial charge is 0.271 e. The van der Waals surface area contributed by atoms with Crippen LogP contribution >= 0.6 is 0 Å². The SMILES string of the molecule is CC[C@@H](C(=O)NC(C)C)N(CCc1ccccc1)C(=O)CN(c1cc([N+](=O)[O-])ccc1C)S(C)(=O)=O. The van der Waals surface area contributed by atoms with Crippen LogP contribution in [0.15, 0.2) is 48.5 Å². The first kappa shape index (κ1) is 28.8. The zero-order valence-electron chi connectivity index (χ0n) is 21.3. The highest BCUT2D eigenvalue weighted by molar-refractivity contribution is 7.92. The largest absolute Gasteiger partial charge is 0.352 e. The summed E-state index contributed by atoms with van der Waals surface area (Å²) in [6.07, 6.45) is 1.73. The molecule has 0 aliphatic heterocycles. The Labute approximate surface area is 212 Å². The molecular formula is C25H34N4O6S. The number of rotatable bonds is 12. The van der Waals surface area contributed by atoms with E-state index in [4.69, 9.17) is 0 Å². The standard InChI is InChI=1S/C25H34N4O6S/c1-6-22(25(31)26-18(2)3)27(15-14-20-10-8-7-9-11-20)24(30)17-28(36(5,34)35)23-16-21(29(32)33)13-12-19(23)4/h7-13,16,18,22H,6,14-15,17H2,1-5H3,(H,26,31)/t22-/m0/s1. The third kappa shape index (κ3) is 7.77. The Balaban J connectivity index is 2.45. The van der Waals surface area contributed by atoms with Gasteiger partial charge >= 0.3 is 0 Å². The topological polar surface area (TPSA) is 130 Å². The van der Waals surface area contributed by atoms with E-state index in [1.807, 2.05) is 44.2 Å². The van der Waals surface area contributed by atoms with Crippen molar-refractivity contribution in [2.24, 2.45) is 0 Å². The number of non-ortho nitro benzene ring substituents is 1. The first-order valence-electron chi connectivity index (χ1n) is 11.7. The van der Waals surface area contributed by atoms with E-state index in [2.05, 4.69) is 5.32 Å². The lowest BCUT2D eigenvalue weighted by molar-refractivity contribution is -0.384. The highest BCUT2D eigenvalue weighted by Crippen LogP contribution is 2.27. The molecule has 196 valence electrons. The molecule has 11 heteroatoms. The van der Waals surface area contributed by atoms with Crippen LogP contribution in [0.1, 0.15) is 38.3 Å². The minimum absolute atomic E-state index is 0.0442. The van der Waals surface area contributed by atoms with E-state index in [1.54, 1.807) is 13.8 Å². The zero-order valence-corrected chi connectivity index (χ0v) is 22.1. The molecule has 1 atom stereocenters. The Morgan fingerprint density at radius 1 is 1.11 bits per heavy atom. The van der Waals surface area contributed by atoms with Crippen LogP contribution in [0.25, 0.3) is 0 Å². The molecule has 10 nitrogen and oxygen atoms in total. The Kier molecular flexibility index (Phi) is 9.97. The van der Waals surface area contributed by atoms with Crippen molar-refractivity contribution in [3.8, 4) is 0 Å². The van der Waals surface area contributed by atoms with Gasteiger partial charge in [0.05, 0.1) is 16.9 Å². The Morgan fingerprint density at radius 3 is 2.28 bits per heavy atom. The fourth-order valence-electron chi connectivity index (χ4n) is 3.85. The molecule has 0 saturated carbocycles. The molecule has 0 fully saturated rings. The van der Waals surface area contributed by atoms with Crippen LogP contribution in [0.2, 0.25) is 0 Å². The number of nitro groups is 1. The number of sulfonamides is 1. The van der Waals surface area contributed by atoms with Gasteiger partial charge in [-0.3, -0.25) is 24.0 Å². The molecule has 36 heavy (non-hydrogen) atoms. The van der Waals surface area contributed by atoms with Crippen LogP contribution in [0, 0.1) is 17.0 Å². The molecule has 0 spiro atoms. The van der Waals surface area contributed by atoms with Crippen molar-refractivity contribution < 1.29 is 22.9 Å². The molecule has 0 bridgehead atoms. The number of carbonyl (C=O) groups excluding carboxylic acids is 2. The maximum atomic E-state index is 13.6. The minimum Gasteiger partial charge on any atom is -0.352 e. The first-order valence-corrected chi connectivity index (χ1v) is 13.6. The van der Waals surface area contributed by atoms with Gasteiger partial charge in [0, 0.05) is 24.7 Å². The molecule has 2 aromatic carbocycles. The summed E-state index contributed by atoms with van der Waals surface area (Å²) in [5, 5.41) is 14.1. The van der Waals surface area contributed by atoms with Crippen molar-refractivity contribution in [1.29, 1.82) is 0 Å². The number of hydrogen-bond acceptors (Lipinski definition) is 6. The summed E-state index contributed by atoms with van der Waals surface area (Å²) in [5.41, 5.74) is 1.17. The monoisotopic (exact) mass is 518 g/mol.